The highest BCUT2D eigenvalue weighted by Crippen LogP contribution is 2.44. The number of nitrogens with two attached hydrogens (primary N) is 1. The van der Waals surface area contributed by atoms with Gasteiger partial charge in [-0.3, -0.25) is 0 Å². The van der Waals surface area contributed by atoms with E-state index in [-0.39, 0.29) is 18.1 Å². The minimum atomic E-state index is -4.45. The molecule has 3 nitrogen and oxygen atoms in total. The summed E-state index contributed by atoms with van der Waals surface area (Å²) in [6, 6.07) is 2.43. The summed E-state index contributed by atoms with van der Waals surface area (Å²) in [6.07, 6.45) is -3.42. The molecule has 100 valence electrons. The Balaban J connectivity index is 2.52. The van der Waals surface area contributed by atoms with Gasteiger partial charge >= 0.3 is 6.18 Å². The van der Waals surface area contributed by atoms with E-state index in [9.17, 15) is 13.2 Å². The van der Waals surface area contributed by atoms with Crippen LogP contribution in [0.2, 0.25) is 0 Å². The van der Waals surface area contributed by atoms with Crippen LogP contribution in [-0.2, 0) is 12.6 Å². The predicted molar refractivity (Wildman–Crippen MR) is 59.8 cm³/mol. The molecule has 0 amide bonds. The molecule has 18 heavy (non-hydrogen) atoms. The number of ether oxygens (including phenoxy) is 2. The van der Waals surface area contributed by atoms with Gasteiger partial charge in [0.05, 0.1) is 13.2 Å². The highest BCUT2D eigenvalue weighted by Gasteiger charge is 2.37. The molecule has 0 bridgehead atoms. The lowest BCUT2D eigenvalue weighted by atomic mass is 10.1. The van der Waals surface area contributed by atoms with Crippen LogP contribution in [0, 0.1) is 0 Å². The Morgan fingerprint density at radius 3 is 2.39 bits per heavy atom. The lowest BCUT2D eigenvalue weighted by Gasteiger charge is -2.17. The maximum atomic E-state index is 12.9. The van der Waals surface area contributed by atoms with E-state index in [2.05, 4.69) is 0 Å². The van der Waals surface area contributed by atoms with E-state index < -0.39 is 11.7 Å². The zero-order chi connectivity index (χ0) is 13.2. The van der Waals surface area contributed by atoms with Crippen molar-refractivity contribution < 1.29 is 22.6 Å². The number of halogens is 3. The van der Waals surface area contributed by atoms with Gasteiger partial charge < -0.3 is 15.2 Å². The summed E-state index contributed by atoms with van der Waals surface area (Å²) in [7, 11) is 0. The van der Waals surface area contributed by atoms with Crippen LogP contribution >= 0.6 is 0 Å². The summed E-state index contributed by atoms with van der Waals surface area (Å²) in [6.45, 7) is 0.926. The summed E-state index contributed by atoms with van der Waals surface area (Å²) in [5, 5.41) is 0. The van der Waals surface area contributed by atoms with Crippen molar-refractivity contribution in [2.24, 2.45) is 5.73 Å². The van der Waals surface area contributed by atoms with Crippen molar-refractivity contribution in [3.8, 4) is 11.5 Å². The molecule has 0 spiro atoms. The van der Waals surface area contributed by atoms with Crippen LogP contribution in [0.3, 0.4) is 0 Å². The topological polar surface area (TPSA) is 44.5 Å². The summed E-state index contributed by atoms with van der Waals surface area (Å²) < 4.78 is 49.2. The van der Waals surface area contributed by atoms with Gasteiger partial charge in [-0.05, 0) is 24.6 Å². The molecule has 2 N–H and O–H groups in total. The Kier molecular flexibility index (Phi) is 3.65. The van der Waals surface area contributed by atoms with Gasteiger partial charge in [-0.25, -0.2) is 0 Å². The van der Waals surface area contributed by atoms with Crippen LogP contribution in [0.1, 0.15) is 17.5 Å². The molecule has 6 heteroatoms. The lowest BCUT2D eigenvalue weighted by molar-refractivity contribution is -0.139. The molecule has 1 aliphatic heterocycles. The molecule has 0 saturated heterocycles. The van der Waals surface area contributed by atoms with Crippen molar-refractivity contribution in [3.63, 3.8) is 0 Å². The molecule has 1 aromatic carbocycles. The minimum Gasteiger partial charge on any atom is -0.489 e. The van der Waals surface area contributed by atoms with E-state index >= 15 is 0 Å². The third-order valence-electron chi connectivity index (χ3n) is 2.69. The fourth-order valence-corrected chi connectivity index (χ4v) is 1.89. The first kappa shape index (κ1) is 13.0. The van der Waals surface area contributed by atoms with Gasteiger partial charge in [-0.2, -0.15) is 13.2 Å². The van der Waals surface area contributed by atoms with Crippen molar-refractivity contribution in [2.75, 3.05) is 19.8 Å². The van der Waals surface area contributed by atoms with E-state index in [1.54, 1.807) is 0 Å². The molecule has 1 heterocycles. The van der Waals surface area contributed by atoms with E-state index in [0.717, 1.165) is 6.07 Å². The third-order valence-corrected chi connectivity index (χ3v) is 2.69. The molecule has 0 fully saturated rings. The molecule has 1 aliphatic rings. The van der Waals surface area contributed by atoms with Crippen LogP contribution in [-0.4, -0.2) is 19.8 Å². The smallest absolute Gasteiger partial charge is 0.420 e. The number of hydrogen-bond acceptors (Lipinski definition) is 3. The Bertz CT molecular complexity index is 432. The van der Waals surface area contributed by atoms with Gasteiger partial charge in [0, 0.05) is 6.42 Å². The maximum absolute atomic E-state index is 12.9. The molecule has 0 radical (unpaired) electrons. The molecular formula is C12H14F3NO2. The summed E-state index contributed by atoms with van der Waals surface area (Å²) in [5.41, 5.74) is 5.30. The molecule has 0 unspecified atom stereocenters. The van der Waals surface area contributed by atoms with Crippen LogP contribution in [0.4, 0.5) is 13.2 Å². The monoisotopic (exact) mass is 261 g/mol. The Morgan fingerprint density at radius 1 is 1.11 bits per heavy atom. The van der Waals surface area contributed by atoms with Crippen molar-refractivity contribution in [1.29, 1.82) is 0 Å². The van der Waals surface area contributed by atoms with E-state index in [4.69, 9.17) is 15.2 Å². The van der Waals surface area contributed by atoms with Crippen molar-refractivity contribution >= 4 is 0 Å². The predicted octanol–water partition coefficient (Wildman–Crippen LogP) is 2.37. The van der Waals surface area contributed by atoms with Gasteiger partial charge in [-0.15, -0.1) is 0 Å². The quantitative estimate of drug-likeness (QED) is 0.888. The molecule has 0 aromatic heterocycles. The zero-order valence-corrected chi connectivity index (χ0v) is 9.72. The van der Waals surface area contributed by atoms with E-state index in [1.807, 2.05) is 0 Å². The normalized spacial score (nSPS) is 15.3. The molecule has 2 rings (SSSR count). The summed E-state index contributed by atoms with van der Waals surface area (Å²) in [4.78, 5) is 0. The second-order valence-corrected chi connectivity index (χ2v) is 4.02. The van der Waals surface area contributed by atoms with Crippen molar-refractivity contribution in [1.82, 2.24) is 0 Å². The maximum Gasteiger partial charge on any atom is 0.420 e. The first-order valence-corrected chi connectivity index (χ1v) is 5.73. The first-order valence-electron chi connectivity index (χ1n) is 5.73. The van der Waals surface area contributed by atoms with E-state index in [0.29, 0.717) is 31.6 Å². The lowest BCUT2D eigenvalue weighted by Crippen LogP contribution is -2.11. The SMILES string of the molecule is NCCc1ccc(C(F)(F)F)c2c1OCCCO2. The average molecular weight is 261 g/mol. The largest absolute Gasteiger partial charge is 0.489 e. The number of alkyl halides is 3. The summed E-state index contributed by atoms with van der Waals surface area (Å²) >= 11 is 0. The molecule has 0 aliphatic carbocycles. The highest BCUT2D eigenvalue weighted by atomic mass is 19.4. The second kappa shape index (κ2) is 5.06. The van der Waals surface area contributed by atoms with E-state index in [1.165, 1.54) is 6.07 Å². The standard InChI is InChI=1S/C12H14F3NO2/c13-12(14,15)9-3-2-8(4-5-16)10-11(9)18-7-1-6-17-10/h2-3H,1,4-7,16H2. The Morgan fingerprint density at radius 2 is 1.78 bits per heavy atom. The number of hydrogen-bond donors (Lipinski definition) is 1. The number of rotatable bonds is 2. The van der Waals surface area contributed by atoms with Crippen LogP contribution in [0.15, 0.2) is 12.1 Å². The molecule has 0 atom stereocenters. The Hall–Kier alpha value is -1.43. The first-order chi connectivity index (χ1) is 8.54. The number of benzene rings is 1. The van der Waals surface area contributed by atoms with Gasteiger partial charge in [0.1, 0.15) is 5.56 Å². The van der Waals surface area contributed by atoms with Crippen LogP contribution in [0.25, 0.3) is 0 Å². The highest BCUT2D eigenvalue weighted by molar-refractivity contribution is 5.53. The fraction of sp³-hybridized carbons (Fsp3) is 0.500. The van der Waals surface area contributed by atoms with Crippen LogP contribution < -0.4 is 15.2 Å². The Labute approximate surface area is 103 Å². The van der Waals surface area contributed by atoms with Gasteiger partial charge in [0.2, 0.25) is 0 Å². The van der Waals surface area contributed by atoms with Gasteiger partial charge in [0.25, 0.3) is 0 Å². The minimum absolute atomic E-state index is 0.188. The van der Waals surface area contributed by atoms with Gasteiger partial charge in [0.15, 0.2) is 11.5 Å². The van der Waals surface area contributed by atoms with Crippen molar-refractivity contribution in [3.05, 3.63) is 23.3 Å². The second-order valence-electron chi connectivity index (χ2n) is 4.02. The third kappa shape index (κ3) is 2.53. The number of fused-ring (bicyclic) bond motifs is 1. The van der Waals surface area contributed by atoms with Crippen molar-refractivity contribution in [2.45, 2.75) is 19.0 Å². The summed E-state index contributed by atoms with van der Waals surface area (Å²) in [5.74, 6) is -0.0151. The zero-order valence-electron chi connectivity index (χ0n) is 9.72. The van der Waals surface area contributed by atoms with Crippen LogP contribution in [0.5, 0.6) is 11.5 Å². The molecule has 0 saturated carbocycles. The molecular weight excluding hydrogens is 247 g/mol. The van der Waals surface area contributed by atoms with Gasteiger partial charge in [-0.1, -0.05) is 6.07 Å². The molecule has 1 aromatic rings. The fourth-order valence-electron chi connectivity index (χ4n) is 1.89. The average Bonchev–Trinajstić information content (AvgIpc) is 2.53.